The van der Waals surface area contributed by atoms with Gasteiger partial charge in [0.05, 0.1) is 0 Å². The predicted molar refractivity (Wildman–Crippen MR) is 115 cm³/mol. The Balaban J connectivity index is 1.73. The summed E-state index contributed by atoms with van der Waals surface area (Å²) < 4.78 is 0. The van der Waals surface area contributed by atoms with Crippen molar-refractivity contribution in [1.82, 2.24) is 19.8 Å². The topological polar surface area (TPSA) is 52.6 Å². The van der Waals surface area contributed by atoms with Crippen molar-refractivity contribution in [3.8, 4) is 11.4 Å². The van der Waals surface area contributed by atoms with Crippen molar-refractivity contribution in [2.24, 2.45) is 0 Å². The number of hydrogen-bond donors (Lipinski definition) is 0. The number of amides is 1. The van der Waals surface area contributed by atoms with Crippen molar-refractivity contribution in [2.45, 2.75) is 0 Å². The molecular formula is C23H25N5O. The van der Waals surface area contributed by atoms with Crippen LogP contribution in [-0.2, 0) is 0 Å². The maximum atomic E-state index is 13.2. The van der Waals surface area contributed by atoms with Gasteiger partial charge in [-0.2, -0.15) is 0 Å². The molecule has 1 saturated heterocycles. The summed E-state index contributed by atoms with van der Waals surface area (Å²) in [6.07, 6.45) is 0. The van der Waals surface area contributed by atoms with E-state index < -0.39 is 0 Å². The first kappa shape index (κ1) is 19.1. The normalized spacial score (nSPS) is 14.6. The standard InChI is InChI=1S/C23H25N5O/c1-26-13-15-28(16-14-26)23(29)20-17-21(27(2)19-11-7-4-8-12-19)25-22(24-20)18-9-5-3-6-10-18/h3-12,17H,13-16H2,1-2H3. The van der Waals surface area contributed by atoms with Crippen LogP contribution in [-0.4, -0.2) is 65.9 Å². The summed E-state index contributed by atoms with van der Waals surface area (Å²) in [5.74, 6) is 1.21. The molecule has 148 valence electrons. The van der Waals surface area contributed by atoms with E-state index in [9.17, 15) is 4.79 Å². The van der Waals surface area contributed by atoms with Crippen LogP contribution in [0.4, 0.5) is 11.5 Å². The first-order chi connectivity index (χ1) is 14.1. The van der Waals surface area contributed by atoms with Crippen molar-refractivity contribution in [3.05, 3.63) is 72.4 Å². The zero-order valence-electron chi connectivity index (χ0n) is 16.8. The van der Waals surface area contributed by atoms with E-state index in [0.29, 0.717) is 30.4 Å². The molecule has 29 heavy (non-hydrogen) atoms. The van der Waals surface area contributed by atoms with Crippen LogP contribution < -0.4 is 4.90 Å². The molecule has 3 aromatic rings. The third kappa shape index (κ3) is 4.27. The smallest absolute Gasteiger partial charge is 0.272 e. The molecule has 4 rings (SSSR count). The SMILES string of the molecule is CN1CCN(C(=O)c2cc(N(C)c3ccccc3)nc(-c3ccccc3)n2)CC1. The van der Waals surface area contributed by atoms with Crippen LogP contribution in [0.3, 0.4) is 0 Å². The summed E-state index contributed by atoms with van der Waals surface area (Å²) in [5.41, 5.74) is 2.33. The van der Waals surface area contributed by atoms with Gasteiger partial charge in [-0.3, -0.25) is 4.79 Å². The number of carbonyl (C=O) groups excluding carboxylic acids is 1. The Kier molecular flexibility index (Phi) is 5.53. The lowest BCUT2D eigenvalue weighted by atomic mass is 10.2. The monoisotopic (exact) mass is 387 g/mol. The number of hydrogen-bond acceptors (Lipinski definition) is 5. The molecule has 0 spiro atoms. The average Bonchev–Trinajstić information content (AvgIpc) is 2.79. The zero-order chi connectivity index (χ0) is 20.2. The average molecular weight is 387 g/mol. The maximum absolute atomic E-state index is 13.2. The molecule has 0 radical (unpaired) electrons. The van der Waals surface area contributed by atoms with E-state index in [1.165, 1.54) is 0 Å². The number of benzene rings is 2. The third-order valence-electron chi connectivity index (χ3n) is 5.24. The predicted octanol–water partition coefficient (Wildman–Crippen LogP) is 3.30. The van der Waals surface area contributed by atoms with Gasteiger partial charge in [0.25, 0.3) is 5.91 Å². The number of anilines is 2. The fraction of sp³-hybridized carbons (Fsp3) is 0.261. The number of likely N-dealkylation sites (N-methyl/N-ethyl adjacent to an activating group) is 1. The summed E-state index contributed by atoms with van der Waals surface area (Å²) in [7, 11) is 4.03. The minimum atomic E-state index is -0.0413. The van der Waals surface area contributed by atoms with Gasteiger partial charge >= 0.3 is 0 Å². The van der Waals surface area contributed by atoms with E-state index in [-0.39, 0.29) is 5.91 Å². The molecule has 0 atom stereocenters. The zero-order valence-corrected chi connectivity index (χ0v) is 16.8. The summed E-state index contributed by atoms with van der Waals surface area (Å²) in [6.45, 7) is 3.17. The van der Waals surface area contributed by atoms with E-state index in [4.69, 9.17) is 4.98 Å². The second kappa shape index (κ2) is 8.41. The Labute approximate surface area is 171 Å². The van der Waals surface area contributed by atoms with Gasteiger partial charge in [0.15, 0.2) is 5.82 Å². The van der Waals surface area contributed by atoms with E-state index in [1.54, 1.807) is 6.07 Å². The Morgan fingerprint density at radius 2 is 1.52 bits per heavy atom. The van der Waals surface area contributed by atoms with Crippen LogP contribution in [0, 0.1) is 0 Å². The number of para-hydroxylation sites is 1. The minimum absolute atomic E-state index is 0.0413. The van der Waals surface area contributed by atoms with Gasteiger partial charge in [0.1, 0.15) is 11.5 Å². The third-order valence-corrected chi connectivity index (χ3v) is 5.24. The fourth-order valence-electron chi connectivity index (χ4n) is 3.39. The number of piperazine rings is 1. The lowest BCUT2D eigenvalue weighted by Gasteiger charge is -2.32. The van der Waals surface area contributed by atoms with E-state index >= 15 is 0 Å². The molecule has 0 aliphatic carbocycles. The van der Waals surface area contributed by atoms with Crippen molar-refractivity contribution in [1.29, 1.82) is 0 Å². The lowest BCUT2D eigenvalue weighted by Crippen LogP contribution is -2.47. The quantitative estimate of drug-likeness (QED) is 0.688. The van der Waals surface area contributed by atoms with Crippen molar-refractivity contribution < 1.29 is 4.79 Å². The molecule has 0 bridgehead atoms. The second-order valence-corrected chi connectivity index (χ2v) is 7.29. The van der Waals surface area contributed by atoms with E-state index in [2.05, 4.69) is 16.9 Å². The Morgan fingerprint density at radius 1 is 0.897 bits per heavy atom. The summed E-state index contributed by atoms with van der Waals surface area (Å²) in [5, 5.41) is 0. The highest BCUT2D eigenvalue weighted by atomic mass is 16.2. The Hall–Kier alpha value is -3.25. The molecule has 0 N–H and O–H groups in total. The van der Waals surface area contributed by atoms with Crippen LogP contribution >= 0.6 is 0 Å². The molecule has 6 heteroatoms. The highest BCUT2D eigenvalue weighted by molar-refractivity contribution is 5.93. The molecule has 1 aromatic heterocycles. The lowest BCUT2D eigenvalue weighted by molar-refractivity contribution is 0.0658. The molecule has 1 amide bonds. The van der Waals surface area contributed by atoms with E-state index in [0.717, 1.165) is 24.3 Å². The van der Waals surface area contributed by atoms with Gasteiger partial charge in [0, 0.05) is 50.5 Å². The van der Waals surface area contributed by atoms with Gasteiger partial charge in [-0.15, -0.1) is 0 Å². The largest absolute Gasteiger partial charge is 0.335 e. The molecule has 1 fully saturated rings. The molecule has 2 aromatic carbocycles. The van der Waals surface area contributed by atoms with Crippen molar-refractivity contribution in [2.75, 3.05) is 45.2 Å². The number of nitrogens with zero attached hydrogens (tertiary/aromatic N) is 5. The fourth-order valence-corrected chi connectivity index (χ4v) is 3.39. The second-order valence-electron chi connectivity index (χ2n) is 7.29. The number of carbonyl (C=O) groups is 1. The molecule has 2 heterocycles. The number of aromatic nitrogens is 2. The first-order valence-electron chi connectivity index (χ1n) is 9.83. The highest BCUT2D eigenvalue weighted by Crippen LogP contribution is 2.25. The number of rotatable bonds is 4. The maximum Gasteiger partial charge on any atom is 0.272 e. The molecule has 0 saturated carbocycles. The van der Waals surface area contributed by atoms with Gasteiger partial charge in [-0.05, 0) is 19.2 Å². The van der Waals surface area contributed by atoms with E-state index in [1.807, 2.05) is 77.5 Å². The minimum Gasteiger partial charge on any atom is -0.335 e. The van der Waals surface area contributed by atoms with Crippen LogP contribution in [0.5, 0.6) is 0 Å². The van der Waals surface area contributed by atoms with Crippen LogP contribution in [0.2, 0.25) is 0 Å². The molecular weight excluding hydrogens is 362 g/mol. The van der Waals surface area contributed by atoms with Crippen LogP contribution in [0.1, 0.15) is 10.5 Å². The molecule has 6 nitrogen and oxygen atoms in total. The molecule has 1 aliphatic heterocycles. The summed E-state index contributed by atoms with van der Waals surface area (Å²) in [4.78, 5) is 28.7. The molecule has 1 aliphatic rings. The Morgan fingerprint density at radius 3 is 2.17 bits per heavy atom. The van der Waals surface area contributed by atoms with Crippen LogP contribution in [0.25, 0.3) is 11.4 Å². The van der Waals surface area contributed by atoms with Gasteiger partial charge in [0.2, 0.25) is 0 Å². The van der Waals surface area contributed by atoms with Crippen LogP contribution in [0.15, 0.2) is 66.7 Å². The van der Waals surface area contributed by atoms with Crippen molar-refractivity contribution in [3.63, 3.8) is 0 Å². The Bertz CT molecular complexity index is 969. The van der Waals surface area contributed by atoms with Crippen molar-refractivity contribution >= 4 is 17.4 Å². The summed E-state index contributed by atoms with van der Waals surface area (Å²) >= 11 is 0. The highest BCUT2D eigenvalue weighted by Gasteiger charge is 2.23. The first-order valence-corrected chi connectivity index (χ1v) is 9.83. The van der Waals surface area contributed by atoms with Gasteiger partial charge in [-0.1, -0.05) is 48.5 Å². The van der Waals surface area contributed by atoms with Gasteiger partial charge in [-0.25, -0.2) is 9.97 Å². The summed E-state index contributed by atoms with van der Waals surface area (Å²) in [6, 6.07) is 21.6. The molecule has 0 unspecified atom stereocenters. The van der Waals surface area contributed by atoms with Gasteiger partial charge < -0.3 is 14.7 Å².